The van der Waals surface area contributed by atoms with Gasteiger partial charge >= 0.3 is 5.97 Å². The molecule has 0 spiro atoms. The molecule has 0 aliphatic rings. The Morgan fingerprint density at radius 2 is 1.40 bits per heavy atom. The highest BCUT2D eigenvalue weighted by molar-refractivity contribution is 6.08. The number of Topliss-reactive ketones (excluding diaryl/α,β-unsaturated/α-hetero) is 1. The summed E-state index contributed by atoms with van der Waals surface area (Å²) in [6.07, 6.45) is -0.358. The standard InChI is InChI=1S/C18H18N2O5/c19-15(17(20)23)9-14(18(24)25)16(22)12-3-1-10(2-4-12)11-5-7-13(21)8-6-11/h1-8,14-15,21H,9,19H2,(H2,20,23)(H,24,25)/t14?,15-/m0/s1. The molecule has 1 unspecified atom stereocenters. The van der Waals surface area contributed by atoms with Crippen LogP contribution in [0.2, 0.25) is 0 Å². The SMILES string of the molecule is NC(=O)[C@@H](N)CC(C(=O)O)C(=O)c1ccc(-c2ccc(O)cc2)cc1. The first-order chi connectivity index (χ1) is 11.8. The molecule has 0 saturated carbocycles. The number of amides is 1. The number of carbonyl (C=O) groups is 3. The number of hydrogen-bond donors (Lipinski definition) is 4. The minimum absolute atomic E-state index is 0.144. The number of aliphatic carboxylic acids is 1. The molecule has 7 nitrogen and oxygen atoms in total. The van der Waals surface area contributed by atoms with Gasteiger partial charge in [-0.05, 0) is 29.7 Å². The van der Waals surface area contributed by atoms with E-state index < -0.39 is 29.6 Å². The lowest BCUT2D eigenvalue weighted by atomic mass is 9.90. The second-order valence-electron chi connectivity index (χ2n) is 5.62. The molecule has 0 saturated heterocycles. The Hall–Kier alpha value is -3.19. The molecule has 0 bridgehead atoms. The zero-order valence-electron chi connectivity index (χ0n) is 13.3. The van der Waals surface area contributed by atoms with Crippen molar-refractivity contribution in [1.29, 1.82) is 0 Å². The molecule has 6 N–H and O–H groups in total. The van der Waals surface area contributed by atoms with Crippen LogP contribution in [-0.2, 0) is 9.59 Å². The zero-order chi connectivity index (χ0) is 18.6. The van der Waals surface area contributed by atoms with Crippen LogP contribution < -0.4 is 11.5 Å². The number of carboxylic acids is 1. The molecule has 130 valence electrons. The maximum Gasteiger partial charge on any atom is 0.314 e. The predicted octanol–water partition coefficient (Wildman–Crippen LogP) is 1.15. The highest BCUT2D eigenvalue weighted by Gasteiger charge is 2.30. The van der Waals surface area contributed by atoms with Crippen LogP contribution in [0, 0.1) is 5.92 Å². The topological polar surface area (TPSA) is 144 Å². The first-order valence-electron chi connectivity index (χ1n) is 7.51. The van der Waals surface area contributed by atoms with E-state index in [4.69, 9.17) is 11.5 Å². The normalized spacial score (nSPS) is 13.0. The van der Waals surface area contributed by atoms with Gasteiger partial charge in [-0.15, -0.1) is 0 Å². The van der Waals surface area contributed by atoms with E-state index in [9.17, 15) is 24.6 Å². The van der Waals surface area contributed by atoms with Crippen LogP contribution in [0.5, 0.6) is 5.75 Å². The lowest BCUT2D eigenvalue weighted by molar-refractivity contribution is -0.140. The number of hydrogen-bond acceptors (Lipinski definition) is 5. The number of carbonyl (C=O) groups excluding carboxylic acids is 2. The third-order valence-corrected chi connectivity index (χ3v) is 3.84. The fourth-order valence-electron chi connectivity index (χ4n) is 2.37. The van der Waals surface area contributed by atoms with Crippen molar-refractivity contribution in [2.75, 3.05) is 0 Å². The van der Waals surface area contributed by atoms with Crippen molar-refractivity contribution in [3.05, 3.63) is 54.1 Å². The van der Waals surface area contributed by atoms with Crippen molar-refractivity contribution in [3.63, 3.8) is 0 Å². The highest BCUT2D eigenvalue weighted by Crippen LogP contribution is 2.23. The zero-order valence-corrected chi connectivity index (χ0v) is 13.3. The summed E-state index contributed by atoms with van der Waals surface area (Å²) in [5.41, 5.74) is 12.3. The van der Waals surface area contributed by atoms with Crippen LogP contribution in [0.1, 0.15) is 16.8 Å². The Morgan fingerprint density at radius 1 is 0.920 bits per heavy atom. The van der Waals surface area contributed by atoms with Crippen LogP contribution >= 0.6 is 0 Å². The Morgan fingerprint density at radius 3 is 1.84 bits per heavy atom. The predicted molar refractivity (Wildman–Crippen MR) is 90.8 cm³/mol. The van der Waals surface area contributed by atoms with Crippen molar-refractivity contribution in [2.45, 2.75) is 12.5 Å². The number of phenolic OH excluding ortho intramolecular Hbond substituents is 1. The van der Waals surface area contributed by atoms with Gasteiger partial charge in [0, 0.05) is 5.56 Å². The number of ketones is 1. The smallest absolute Gasteiger partial charge is 0.314 e. The number of primary amides is 1. The van der Waals surface area contributed by atoms with Gasteiger partial charge in [-0.2, -0.15) is 0 Å². The molecule has 25 heavy (non-hydrogen) atoms. The van der Waals surface area contributed by atoms with E-state index in [-0.39, 0.29) is 17.7 Å². The number of rotatable bonds is 7. The van der Waals surface area contributed by atoms with E-state index in [1.807, 2.05) is 0 Å². The monoisotopic (exact) mass is 342 g/mol. The molecule has 0 aliphatic heterocycles. The minimum Gasteiger partial charge on any atom is -0.508 e. The highest BCUT2D eigenvalue weighted by atomic mass is 16.4. The quantitative estimate of drug-likeness (QED) is 0.439. The van der Waals surface area contributed by atoms with Gasteiger partial charge < -0.3 is 21.7 Å². The molecule has 2 aromatic carbocycles. The maximum atomic E-state index is 12.4. The summed E-state index contributed by atoms with van der Waals surface area (Å²) in [6.45, 7) is 0. The molecule has 0 aliphatic carbocycles. The van der Waals surface area contributed by atoms with Gasteiger partial charge in [0.05, 0.1) is 6.04 Å². The third-order valence-electron chi connectivity index (χ3n) is 3.84. The second kappa shape index (κ2) is 7.59. The van der Waals surface area contributed by atoms with Crippen molar-refractivity contribution >= 4 is 17.7 Å². The molecule has 0 fully saturated rings. The Labute approximate surface area is 143 Å². The molecule has 2 rings (SSSR count). The summed E-state index contributed by atoms with van der Waals surface area (Å²) in [5.74, 6) is -4.15. The molecule has 0 heterocycles. The summed E-state index contributed by atoms with van der Waals surface area (Å²) in [5, 5.41) is 18.5. The Bertz CT molecular complexity index is 784. The van der Waals surface area contributed by atoms with Crippen LogP contribution in [0.25, 0.3) is 11.1 Å². The maximum absolute atomic E-state index is 12.4. The van der Waals surface area contributed by atoms with E-state index in [2.05, 4.69) is 0 Å². The van der Waals surface area contributed by atoms with Gasteiger partial charge in [-0.1, -0.05) is 36.4 Å². The summed E-state index contributed by atoms with van der Waals surface area (Å²) < 4.78 is 0. The summed E-state index contributed by atoms with van der Waals surface area (Å²) in [4.78, 5) is 34.8. The number of phenols is 1. The van der Waals surface area contributed by atoms with Gasteiger partial charge in [0.15, 0.2) is 5.78 Å². The molecule has 0 radical (unpaired) electrons. The van der Waals surface area contributed by atoms with E-state index in [1.54, 1.807) is 36.4 Å². The van der Waals surface area contributed by atoms with Gasteiger partial charge in [-0.3, -0.25) is 14.4 Å². The van der Waals surface area contributed by atoms with E-state index in [1.165, 1.54) is 12.1 Å². The van der Waals surface area contributed by atoms with Gasteiger partial charge in [0.25, 0.3) is 0 Å². The summed E-state index contributed by atoms with van der Waals surface area (Å²) >= 11 is 0. The van der Waals surface area contributed by atoms with Crippen molar-refractivity contribution in [2.24, 2.45) is 17.4 Å². The molecule has 0 aromatic heterocycles. The van der Waals surface area contributed by atoms with Gasteiger partial charge in [0.2, 0.25) is 5.91 Å². The average Bonchev–Trinajstić information content (AvgIpc) is 2.59. The summed E-state index contributed by atoms with van der Waals surface area (Å²) in [6, 6.07) is 11.7. The van der Waals surface area contributed by atoms with E-state index >= 15 is 0 Å². The lowest BCUT2D eigenvalue weighted by Gasteiger charge is -2.14. The Balaban J connectivity index is 2.21. The molecular formula is C18H18N2O5. The van der Waals surface area contributed by atoms with Crippen LogP contribution in [0.3, 0.4) is 0 Å². The number of benzene rings is 2. The van der Waals surface area contributed by atoms with Crippen molar-refractivity contribution in [1.82, 2.24) is 0 Å². The van der Waals surface area contributed by atoms with E-state index in [0.717, 1.165) is 11.1 Å². The fraction of sp³-hybridized carbons (Fsp3) is 0.167. The third kappa shape index (κ3) is 4.42. The molecule has 2 aromatic rings. The number of carboxylic acid groups (broad SMARTS) is 1. The van der Waals surface area contributed by atoms with Crippen molar-refractivity contribution in [3.8, 4) is 16.9 Å². The second-order valence-corrected chi connectivity index (χ2v) is 5.62. The molecular weight excluding hydrogens is 324 g/mol. The average molecular weight is 342 g/mol. The van der Waals surface area contributed by atoms with Gasteiger partial charge in [-0.25, -0.2) is 0 Å². The van der Waals surface area contributed by atoms with Gasteiger partial charge in [0.1, 0.15) is 11.7 Å². The molecule has 2 atom stereocenters. The molecule has 7 heteroatoms. The van der Waals surface area contributed by atoms with Crippen LogP contribution in [0.15, 0.2) is 48.5 Å². The number of aromatic hydroxyl groups is 1. The fourth-order valence-corrected chi connectivity index (χ4v) is 2.37. The number of nitrogens with two attached hydrogens (primary N) is 2. The summed E-state index contributed by atoms with van der Waals surface area (Å²) in [7, 11) is 0. The Kier molecular flexibility index (Phi) is 5.51. The largest absolute Gasteiger partial charge is 0.508 e. The van der Waals surface area contributed by atoms with Crippen molar-refractivity contribution < 1.29 is 24.6 Å². The first-order valence-corrected chi connectivity index (χ1v) is 7.51. The van der Waals surface area contributed by atoms with Crippen LogP contribution in [0.4, 0.5) is 0 Å². The lowest BCUT2D eigenvalue weighted by Crippen LogP contribution is -2.41. The molecule has 1 amide bonds. The van der Waals surface area contributed by atoms with Crippen LogP contribution in [-0.4, -0.2) is 33.9 Å². The van der Waals surface area contributed by atoms with E-state index in [0.29, 0.717) is 0 Å². The first kappa shape index (κ1) is 18.2. The minimum atomic E-state index is -1.44.